The molecule has 3 heterocycles. The van der Waals surface area contributed by atoms with Crippen LogP contribution < -0.4 is 0 Å². The number of benzene rings is 2. The van der Waals surface area contributed by atoms with E-state index in [1.165, 1.54) is 27.7 Å². The molecule has 1 fully saturated rings. The molecule has 3 aromatic rings. The Balaban J connectivity index is 1.69. The minimum Gasteiger partial charge on any atom is -0.346 e. The topological polar surface area (TPSA) is 25.2 Å². The van der Waals surface area contributed by atoms with Gasteiger partial charge in [-0.3, -0.25) is 9.69 Å². The number of aromatic nitrogens is 1. The average molecular weight is 449 g/mol. The second-order valence-electron chi connectivity index (χ2n) is 8.14. The Labute approximate surface area is 180 Å². The molecule has 1 aromatic heterocycles. The van der Waals surface area contributed by atoms with E-state index in [4.69, 9.17) is 0 Å². The van der Waals surface area contributed by atoms with Crippen LogP contribution in [0.2, 0.25) is 0 Å². The maximum Gasteiger partial charge on any atom is 0.177 e. The number of hydrogen-bond acceptors (Lipinski definition) is 2. The number of para-hydroxylation sites is 1. The number of carbonyl (C=O) groups excluding carboxylic acids is 1. The van der Waals surface area contributed by atoms with Gasteiger partial charge in [0, 0.05) is 40.2 Å². The van der Waals surface area contributed by atoms with E-state index in [-0.39, 0.29) is 12.1 Å². The van der Waals surface area contributed by atoms with E-state index in [0.717, 1.165) is 35.9 Å². The van der Waals surface area contributed by atoms with Crippen molar-refractivity contribution in [2.24, 2.45) is 7.05 Å². The number of hydrogen-bond donors (Lipinski definition) is 0. The SMILES string of the molecule is CC/C(Br)=C1\CC2c3c(c4ccccc4n3C)CC(C1=O)N2Cc1ccccc1. The summed E-state index contributed by atoms with van der Waals surface area (Å²) in [4.78, 5) is 16.0. The van der Waals surface area contributed by atoms with E-state index in [0.29, 0.717) is 5.78 Å². The van der Waals surface area contributed by atoms with Crippen molar-refractivity contribution in [2.75, 3.05) is 0 Å². The monoisotopic (exact) mass is 448 g/mol. The zero-order chi connectivity index (χ0) is 20.1. The third-order valence-corrected chi connectivity index (χ3v) is 7.66. The highest BCUT2D eigenvalue weighted by molar-refractivity contribution is 9.11. The van der Waals surface area contributed by atoms with Crippen LogP contribution in [0.1, 0.15) is 42.6 Å². The lowest BCUT2D eigenvalue weighted by Crippen LogP contribution is -2.52. The van der Waals surface area contributed by atoms with Gasteiger partial charge >= 0.3 is 0 Å². The van der Waals surface area contributed by atoms with Crippen molar-refractivity contribution in [1.29, 1.82) is 0 Å². The molecule has 1 saturated heterocycles. The largest absolute Gasteiger partial charge is 0.346 e. The lowest BCUT2D eigenvalue weighted by molar-refractivity contribution is -0.125. The minimum atomic E-state index is -0.0960. The molecule has 0 amide bonds. The molecule has 2 aliphatic heterocycles. The molecule has 2 bridgehead atoms. The van der Waals surface area contributed by atoms with E-state index >= 15 is 0 Å². The Morgan fingerprint density at radius 1 is 1.03 bits per heavy atom. The first kappa shape index (κ1) is 18.8. The minimum absolute atomic E-state index is 0.0960. The highest BCUT2D eigenvalue weighted by Gasteiger charge is 2.46. The number of aryl methyl sites for hydroxylation is 1. The van der Waals surface area contributed by atoms with E-state index in [1.54, 1.807) is 0 Å². The highest BCUT2D eigenvalue weighted by Crippen LogP contribution is 2.47. The number of Topliss-reactive ketones (excluding diaryl/α,β-unsaturated/α-hetero) is 1. The van der Waals surface area contributed by atoms with Gasteiger partial charge in [0.2, 0.25) is 0 Å². The zero-order valence-electron chi connectivity index (χ0n) is 16.9. The van der Waals surface area contributed by atoms with Gasteiger partial charge in [0.25, 0.3) is 0 Å². The van der Waals surface area contributed by atoms with Crippen molar-refractivity contribution in [2.45, 2.75) is 44.8 Å². The predicted octanol–water partition coefficient (Wildman–Crippen LogP) is 5.68. The summed E-state index contributed by atoms with van der Waals surface area (Å²) in [7, 11) is 2.18. The van der Waals surface area contributed by atoms with Gasteiger partial charge in [-0.25, -0.2) is 0 Å². The van der Waals surface area contributed by atoms with Gasteiger partial charge in [0.05, 0.1) is 12.1 Å². The van der Waals surface area contributed by atoms with Crippen molar-refractivity contribution < 1.29 is 4.79 Å². The second kappa shape index (κ2) is 7.26. The second-order valence-corrected chi connectivity index (χ2v) is 9.10. The molecule has 0 saturated carbocycles. The molecule has 0 aliphatic carbocycles. The van der Waals surface area contributed by atoms with Gasteiger partial charge in [-0.15, -0.1) is 0 Å². The Bertz CT molecular complexity index is 1130. The molecule has 148 valence electrons. The smallest absolute Gasteiger partial charge is 0.177 e. The van der Waals surface area contributed by atoms with Crippen LogP contribution in [0.15, 0.2) is 64.7 Å². The number of rotatable bonds is 3. The number of halogens is 1. The molecule has 4 heteroatoms. The zero-order valence-corrected chi connectivity index (χ0v) is 18.4. The Kier molecular flexibility index (Phi) is 4.72. The van der Waals surface area contributed by atoms with Crippen molar-refractivity contribution in [1.82, 2.24) is 9.47 Å². The summed E-state index contributed by atoms with van der Waals surface area (Å²) in [5.74, 6) is 0.296. The van der Waals surface area contributed by atoms with Gasteiger partial charge in [-0.05, 0) is 36.5 Å². The van der Waals surface area contributed by atoms with Crippen LogP contribution in [0.3, 0.4) is 0 Å². The summed E-state index contributed by atoms with van der Waals surface area (Å²) >= 11 is 3.70. The highest BCUT2D eigenvalue weighted by atomic mass is 79.9. The molecule has 0 spiro atoms. The summed E-state index contributed by atoms with van der Waals surface area (Å²) in [5.41, 5.74) is 6.25. The normalized spacial score (nSPS) is 23.3. The number of ketones is 1. The standard InChI is InChI=1S/C25H25BrN2O/c1-3-20(26)19-14-22-24-18(17-11-7-8-12-21(17)27(24)2)13-23(25(19)29)28(22)15-16-9-5-4-6-10-16/h4-12,22-23H,3,13-15H2,1-2H3/b20-19-. The number of nitrogens with zero attached hydrogens (tertiary/aromatic N) is 2. The number of fused-ring (bicyclic) bond motifs is 6. The van der Waals surface area contributed by atoms with Crippen LogP contribution >= 0.6 is 15.9 Å². The van der Waals surface area contributed by atoms with Gasteiger partial charge in [0.1, 0.15) is 0 Å². The van der Waals surface area contributed by atoms with Crippen molar-refractivity contribution in [3.63, 3.8) is 0 Å². The molecule has 29 heavy (non-hydrogen) atoms. The van der Waals surface area contributed by atoms with Crippen LogP contribution in [0.4, 0.5) is 0 Å². The fourth-order valence-electron chi connectivity index (χ4n) is 5.24. The first-order valence-electron chi connectivity index (χ1n) is 10.4. The van der Waals surface area contributed by atoms with Crippen LogP contribution in [0, 0.1) is 0 Å². The molecule has 2 unspecified atom stereocenters. The van der Waals surface area contributed by atoms with Crippen molar-refractivity contribution >= 4 is 32.6 Å². The predicted molar refractivity (Wildman–Crippen MR) is 121 cm³/mol. The Hall–Kier alpha value is -2.17. The molecule has 3 nitrogen and oxygen atoms in total. The van der Waals surface area contributed by atoms with E-state index < -0.39 is 0 Å². The molecule has 5 rings (SSSR count). The molecule has 0 radical (unpaired) electrons. The summed E-state index contributed by atoms with van der Waals surface area (Å²) in [6, 6.07) is 19.3. The summed E-state index contributed by atoms with van der Waals surface area (Å²) in [6.45, 7) is 2.92. The fraction of sp³-hybridized carbons (Fsp3) is 0.320. The fourth-order valence-corrected chi connectivity index (χ4v) is 5.60. The van der Waals surface area contributed by atoms with Crippen LogP contribution in [0.5, 0.6) is 0 Å². The number of carbonyl (C=O) groups is 1. The van der Waals surface area contributed by atoms with Crippen LogP contribution in [-0.2, 0) is 24.8 Å². The summed E-state index contributed by atoms with van der Waals surface area (Å²) in [6.07, 6.45) is 2.42. The van der Waals surface area contributed by atoms with Gasteiger partial charge in [-0.2, -0.15) is 0 Å². The van der Waals surface area contributed by atoms with E-state index in [2.05, 4.69) is 87.9 Å². The average Bonchev–Trinajstić information content (AvgIpc) is 3.03. The molecular formula is C25H25BrN2O. The first-order chi connectivity index (χ1) is 14.1. The maximum atomic E-state index is 13.6. The quantitative estimate of drug-likeness (QED) is 0.481. The summed E-state index contributed by atoms with van der Waals surface area (Å²) in [5, 5.41) is 1.30. The molecule has 2 atom stereocenters. The van der Waals surface area contributed by atoms with Gasteiger partial charge in [0.15, 0.2) is 5.78 Å². The van der Waals surface area contributed by atoms with Crippen molar-refractivity contribution in [3.05, 3.63) is 81.5 Å². The molecule has 0 N–H and O–H groups in total. The molecule has 2 aliphatic rings. The van der Waals surface area contributed by atoms with Crippen LogP contribution in [-0.4, -0.2) is 21.3 Å². The lowest BCUT2D eigenvalue weighted by atomic mass is 9.78. The van der Waals surface area contributed by atoms with Crippen molar-refractivity contribution in [3.8, 4) is 0 Å². The third-order valence-electron chi connectivity index (χ3n) is 6.62. The molecular weight excluding hydrogens is 424 g/mol. The Morgan fingerprint density at radius 2 is 1.76 bits per heavy atom. The van der Waals surface area contributed by atoms with E-state index in [1.807, 2.05) is 6.07 Å². The Morgan fingerprint density at radius 3 is 2.52 bits per heavy atom. The van der Waals surface area contributed by atoms with Crippen LogP contribution in [0.25, 0.3) is 10.9 Å². The number of piperidine rings is 1. The first-order valence-corrected chi connectivity index (χ1v) is 11.2. The maximum absolute atomic E-state index is 13.6. The molecule has 2 aromatic carbocycles. The number of allylic oxidation sites excluding steroid dienone is 1. The van der Waals surface area contributed by atoms with E-state index in [9.17, 15) is 4.79 Å². The third kappa shape index (κ3) is 2.92. The van der Waals surface area contributed by atoms with Gasteiger partial charge in [-0.1, -0.05) is 71.4 Å². The summed E-state index contributed by atoms with van der Waals surface area (Å²) < 4.78 is 3.43. The lowest BCUT2D eigenvalue weighted by Gasteiger charge is -2.46. The van der Waals surface area contributed by atoms with Gasteiger partial charge < -0.3 is 4.57 Å².